The Balaban J connectivity index is 1.60. The second kappa shape index (κ2) is 6.86. The summed E-state index contributed by atoms with van der Waals surface area (Å²) in [4.78, 5) is 6.62. The standard InChI is InChI=1S/C20H25N3/c1-21-19(23(2)15-17-9-5-3-6-10-17)22-16-20(13-14-20)18-11-7-4-8-12-18/h3-12H,13-16H2,1-2H3,(H,21,22). The van der Waals surface area contributed by atoms with E-state index in [0.29, 0.717) is 5.41 Å². The summed E-state index contributed by atoms with van der Waals surface area (Å²) in [6.07, 6.45) is 2.51. The Hall–Kier alpha value is -2.29. The van der Waals surface area contributed by atoms with Gasteiger partial charge in [-0.25, -0.2) is 0 Å². The predicted octanol–water partition coefficient (Wildman–Crippen LogP) is 3.43. The molecule has 0 unspecified atom stereocenters. The smallest absolute Gasteiger partial charge is 0.193 e. The predicted molar refractivity (Wildman–Crippen MR) is 96.6 cm³/mol. The van der Waals surface area contributed by atoms with Crippen molar-refractivity contribution in [3.05, 3.63) is 71.8 Å². The van der Waals surface area contributed by atoms with Gasteiger partial charge >= 0.3 is 0 Å². The summed E-state index contributed by atoms with van der Waals surface area (Å²) in [7, 11) is 3.94. The first-order valence-corrected chi connectivity index (χ1v) is 8.25. The number of hydrogen-bond donors (Lipinski definition) is 1. The van der Waals surface area contributed by atoms with Gasteiger partial charge in [-0.1, -0.05) is 60.7 Å². The minimum atomic E-state index is 0.296. The van der Waals surface area contributed by atoms with Crippen molar-refractivity contribution in [2.45, 2.75) is 24.8 Å². The van der Waals surface area contributed by atoms with Gasteiger partial charge in [-0.3, -0.25) is 4.99 Å². The van der Waals surface area contributed by atoms with E-state index in [1.807, 2.05) is 13.1 Å². The van der Waals surface area contributed by atoms with Crippen LogP contribution in [0, 0.1) is 0 Å². The number of nitrogens with one attached hydrogen (secondary N) is 1. The van der Waals surface area contributed by atoms with Gasteiger partial charge in [0, 0.05) is 32.6 Å². The highest BCUT2D eigenvalue weighted by Crippen LogP contribution is 2.47. The highest BCUT2D eigenvalue weighted by atomic mass is 15.3. The molecule has 1 fully saturated rings. The molecular formula is C20H25N3. The average Bonchev–Trinajstić information content (AvgIpc) is 3.38. The second-order valence-electron chi connectivity index (χ2n) is 6.39. The lowest BCUT2D eigenvalue weighted by Gasteiger charge is -2.25. The lowest BCUT2D eigenvalue weighted by atomic mass is 9.96. The monoisotopic (exact) mass is 307 g/mol. The number of rotatable bonds is 5. The van der Waals surface area contributed by atoms with E-state index in [0.717, 1.165) is 19.0 Å². The van der Waals surface area contributed by atoms with Gasteiger partial charge in [-0.2, -0.15) is 0 Å². The van der Waals surface area contributed by atoms with Gasteiger partial charge < -0.3 is 10.2 Å². The van der Waals surface area contributed by atoms with Crippen LogP contribution in [0.3, 0.4) is 0 Å². The summed E-state index contributed by atoms with van der Waals surface area (Å²) in [5.74, 6) is 0.955. The first kappa shape index (κ1) is 15.6. The van der Waals surface area contributed by atoms with Crippen molar-refractivity contribution in [3.8, 4) is 0 Å². The van der Waals surface area contributed by atoms with E-state index in [9.17, 15) is 0 Å². The fourth-order valence-corrected chi connectivity index (χ4v) is 3.08. The maximum atomic E-state index is 4.44. The third-order valence-electron chi connectivity index (χ3n) is 4.66. The van der Waals surface area contributed by atoms with Gasteiger partial charge in [-0.05, 0) is 24.0 Å². The molecule has 3 heteroatoms. The quantitative estimate of drug-likeness (QED) is 0.677. The fraction of sp³-hybridized carbons (Fsp3) is 0.350. The molecule has 1 aliphatic rings. The molecule has 1 aliphatic carbocycles. The lowest BCUT2D eigenvalue weighted by Crippen LogP contribution is -2.42. The minimum Gasteiger partial charge on any atom is -0.355 e. The zero-order valence-corrected chi connectivity index (χ0v) is 14.0. The van der Waals surface area contributed by atoms with Crippen molar-refractivity contribution < 1.29 is 0 Å². The molecule has 3 rings (SSSR count). The first-order valence-electron chi connectivity index (χ1n) is 8.25. The Morgan fingerprint density at radius 2 is 1.65 bits per heavy atom. The molecule has 1 N–H and O–H groups in total. The van der Waals surface area contributed by atoms with E-state index in [1.165, 1.54) is 24.0 Å². The molecule has 0 heterocycles. The maximum absolute atomic E-state index is 4.44. The summed E-state index contributed by atoms with van der Waals surface area (Å²) >= 11 is 0. The van der Waals surface area contributed by atoms with Crippen molar-refractivity contribution in [2.24, 2.45) is 4.99 Å². The van der Waals surface area contributed by atoms with Crippen LogP contribution in [0.25, 0.3) is 0 Å². The fourth-order valence-electron chi connectivity index (χ4n) is 3.08. The highest BCUT2D eigenvalue weighted by Gasteiger charge is 2.44. The zero-order valence-electron chi connectivity index (χ0n) is 14.0. The first-order chi connectivity index (χ1) is 11.2. The molecule has 3 nitrogen and oxygen atoms in total. The summed E-state index contributed by atoms with van der Waals surface area (Å²) in [6, 6.07) is 21.3. The molecule has 0 saturated heterocycles. The molecular weight excluding hydrogens is 282 g/mol. The summed E-state index contributed by atoms with van der Waals surface area (Å²) < 4.78 is 0. The number of hydrogen-bond acceptors (Lipinski definition) is 1. The topological polar surface area (TPSA) is 27.6 Å². The van der Waals surface area contributed by atoms with E-state index >= 15 is 0 Å². The number of aliphatic imine (C=N–C) groups is 1. The van der Waals surface area contributed by atoms with Crippen molar-refractivity contribution >= 4 is 5.96 Å². The summed E-state index contributed by atoms with van der Waals surface area (Å²) in [5, 5.41) is 3.57. The van der Waals surface area contributed by atoms with Gasteiger partial charge in [-0.15, -0.1) is 0 Å². The van der Waals surface area contributed by atoms with Gasteiger partial charge in [0.05, 0.1) is 0 Å². The van der Waals surface area contributed by atoms with Crippen LogP contribution in [-0.4, -0.2) is 31.5 Å². The molecule has 120 valence electrons. The van der Waals surface area contributed by atoms with E-state index < -0.39 is 0 Å². The number of guanidine groups is 1. The Morgan fingerprint density at radius 3 is 2.22 bits per heavy atom. The maximum Gasteiger partial charge on any atom is 0.193 e. The Bertz CT molecular complexity index is 645. The van der Waals surface area contributed by atoms with Crippen molar-refractivity contribution in [3.63, 3.8) is 0 Å². The van der Waals surface area contributed by atoms with E-state index in [4.69, 9.17) is 0 Å². The third kappa shape index (κ3) is 3.73. The molecule has 0 atom stereocenters. The lowest BCUT2D eigenvalue weighted by molar-refractivity contribution is 0.470. The Kier molecular flexibility index (Phi) is 4.65. The SMILES string of the molecule is CN=C(NCC1(c2ccccc2)CC1)N(C)Cc1ccccc1. The molecule has 0 spiro atoms. The van der Waals surface area contributed by atoms with Gasteiger partial charge in [0.1, 0.15) is 0 Å². The molecule has 23 heavy (non-hydrogen) atoms. The van der Waals surface area contributed by atoms with Crippen LogP contribution in [0.4, 0.5) is 0 Å². The van der Waals surface area contributed by atoms with Crippen LogP contribution in [0.1, 0.15) is 24.0 Å². The Morgan fingerprint density at radius 1 is 1.04 bits per heavy atom. The third-order valence-corrected chi connectivity index (χ3v) is 4.66. The summed E-state index contributed by atoms with van der Waals surface area (Å²) in [6.45, 7) is 1.81. The molecule has 0 aromatic heterocycles. The van der Waals surface area contributed by atoms with Gasteiger partial charge in [0.15, 0.2) is 5.96 Å². The number of benzene rings is 2. The molecule has 2 aromatic carbocycles. The van der Waals surface area contributed by atoms with Gasteiger partial charge in [0.2, 0.25) is 0 Å². The van der Waals surface area contributed by atoms with Crippen LogP contribution in [0.2, 0.25) is 0 Å². The normalized spacial score (nSPS) is 16.0. The number of nitrogens with zero attached hydrogens (tertiary/aromatic N) is 2. The summed E-state index contributed by atoms with van der Waals surface area (Å²) in [5.41, 5.74) is 3.03. The zero-order chi connectivity index (χ0) is 16.1. The van der Waals surface area contributed by atoms with Crippen LogP contribution in [-0.2, 0) is 12.0 Å². The molecule has 2 aromatic rings. The van der Waals surface area contributed by atoms with E-state index in [-0.39, 0.29) is 0 Å². The Labute approximate surface area is 139 Å². The minimum absolute atomic E-state index is 0.296. The van der Waals surface area contributed by atoms with E-state index in [1.54, 1.807) is 0 Å². The molecule has 0 aliphatic heterocycles. The van der Waals surface area contributed by atoms with Crippen LogP contribution < -0.4 is 5.32 Å². The van der Waals surface area contributed by atoms with Crippen LogP contribution in [0.15, 0.2) is 65.7 Å². The van der Waals surface area contributed by atoms with Crippen LogP contribution >= 0.6 is 0 Å². The largest absolute Gasteiger partial charge is 0.355 e. The van der Waals surface area contributed by atoms with Gasteiger partial charge in [0.25, 0.3) is 0 Å². The van der Waals surface area contributed by atoms with Crippen molar-refractivity contribution in [1.29, 1.82) is 0 Å². The van der Waals surface area contributed by atoms with Crippen molar-refractivity contribution in [2.75, 3.05) is 20.6 Å². The van der Waals surface area contributed by atoms with Crippen LogP contribution in [0.5, 0.6) is 0 Å². The van der Waals surface area contributed by atoms with E-state index in [2.05, 4.69) is 76.9 Å². The highest BCUT2D eigenvalue weighted by molar-refractivity contribution is 5.79. The molecule has 1 saturated carbocycles. The van der Waals surface area contributed by atoms with Crippen molar-refractivity contribution in [1.82, 2.24) is 10.2 Å². The molecule has 0 amide bonds. The molecule has 0 radical (unpaired) electrons. The molecule has 0 bridgehead atoms. The second-order valence-corrected chi connectivity index (χ2v) is 6.39. The average molecular weight is 307 g/mol.